The third kappa shape index (κ3) is 19.0. The van der Waals surface area contributed by atoms with Crippen molar-refractivity contribution in [3.63, 3.8) is 0 Å². The minimum atomic E-state index is -1.52. The Morgan fingerprint density at radius 1 is 0.457 bits per heavy atom. The van der Waals surface area contributed by atoms with Gasteiger partial charge in [-0.1, -0.05) is 80.1 Å². The Morgan fingerprint density at radius 2 is 0.743 bits per heavy atom. The van der Waals surface area contributed by atoms with E-state index in [1.807, 2.05) is 0 Å². The quantitative estimate of drug-likeness (QED) is 0.0787. The van der Waals surface area contributed by atoms with E-state index in [0.717, 1.165) is 44.4 Å². The molecule has 212 valence electrons. The molecule has 0 aromatic heterocycles. The highest BCUT2D eigenvalue weighted by Gasteiger charge is 2.35. The maximum Gasteiger partial charge on any atom is 0.186 e. The summed E-state index contributed by atoms with van der Waals surface area (Å²) in [6.07, 6.45) is 8.92. The van der Waals surface area contributed by atoms with Gasteiger partial charge in [0.25, 0.3) is 0 Å². The monoisotopic (exact) mass is 626 g/mol. The van der Waals surface area contributed by atoms with E-state index < -0.39 is 33.0 Å². The van der Waals surface area contributed by atoms with Crippen LogP contribution in [-0.4, -0.2) is 58.2 Å². The van der Waals surface area contributed by atoms with Crippen LogP contribution in [0.5, 0.6) is 0 Å². The first-order chi connectivity index (χ1) is 16.4. The lowest BCUT2D eigenvalue weighted by atomic mass is 10.5. The highest BCUT2D eigenvalue weighted by atomic mass is 79.9. The van der Waals surface area contributed by atoms with E-state index in [4.69, 9.17) is 13.3 Å². The minimum Gasteiger partial charge on any atom is -0.417 e. The van der Waals surface area contributed by atoms with E-state index in [1.165, 1.54) is 68.0 Å². The Balaban J connectivity index is 5.32. The lowest BCUT2D eigenvalue weighted by molar-refractivity contribution is 0.306. The van der Waals surface area contributed by atoms with Gasteiger partial charge in [-0.2, -0.15) is 0 Å². The molecule has 0 saturated carbocycles. The summed E-state index contributed by atoms with van der Waals surface area (Å²) in [7, 11) is -5.90. The van der Waals surface area contributed by atoms with Gasteiger partial charge in [0, 0.05) is 25.2 Å². The van der Waals surface area contributed by atoms with E-state index in [0.29, 0.717) is 0 Å². The molecule has 0 aromatic rings. The molecule has 0 aromatic carbocycles. The molecule has 0 heterocycles. The van der Waals surface area contributed by atoms with Crippen molar-refractivity contribution in [1.29, 1.82) is 0 Å². The van der Waals surface area contributed by atoms with Gasteiger partial charge >= 0.3 is 0 Å². The van der Waals surface area contributed by atoms with Gasteiger partial charge < -0.3 is 13.3 Å². The summed E-state index contributed by atoms with van der Waals surface area (Å²) >= 11 is 3.77. The number of alkyl halides is 1. The number of hydrogen-bond acceptors (Lipinski definition) is 3. The standard InChI is InChI=1S/C27H63BrO3Si4/c1-10-18-29-32(4,5)21-14-25-35(24-13-17-28,26-15-22-33(6,7)30-19-11-2)27-16-23-34(8,9)31-20-12-3/h10-27H2,1-9H3. The summed E-state index contributed by atoms with van der Waals surface area (Å²) in [4.78, 5) is 0. The smallest absolute Gasteiger partial charge is 0.186 e. The molecule has 0 fully saturated rings. The predicted molar refractivity (Wildman–Crippen MR) is 173 cm³/mol. The molecule has 0 bridgehead atoms. The number of rotatable bonds is 24. The molecule has 8 heteroatoms. The second-order valence-corrected chi connectivity index (χ2v) is 31.4. The van der Waals surface area contributed by atoms with Gasteiger partial charge in [0.05, 0.1) is 8.07 Å². The molecular formula is C27H63BrO3Si4. The van der Waals surface area contributed by atoms with Crippen LogP contribution in [0.3, 0.4) is 0 Å². The van der Waals surface area contributed by atoms with Crippen molar-refractivity contribution >= 4 is 49.0 Å². The Kier molecular flexibility index (Phi) is 20.0. The van der Waals surface area contributed by atoms with Crippen molar-refractivity contribution in [2.75, 3.05) is 25.2 Å². The van der Waals surface area contributed by atoms with Gasteiger partial charge in [-0.05, 0) is 83.1 Å². The first-order valence-electron chi connectivity index (χ1n) is 14.8. The molecule has 0 amide bonds. The van der Waals surface area contributed by atoms with Crippen LogP contribution in [0.1, 0.15) is 65.7 Å². The third-order valence-electron chi connectivity index (χ3n) is 7.39. The first kappa shape index (κ1) is 36.2. The van der Waals surface area contributed by atoms with Crippen LogP contribution in [0.15, 0.2) is 0 Å². The van der Waals surface area contributed by atoms with Crippen molar-refractivity contribution in [2.45, 2.75) is 147 Å². The molecule has 0 radical (unpaired) electrons. The SMILES string of the molecule is CCCO[Si](C)(C)CCC[Si](CCCBr)(CCC[Si](C)(C)OCCC)CCC[Si](C)(C)OCCC. The van der Waals surface area contributed by atoms with E-state index in [1.54, 1.807) is 0 Å². The lowest BCUT2D eigenvalue weighted by Crippen LogP contribution is -2.38. The van der Waals surface area contributed by atoms with Crippen molar-refractivity contribution in [2.24, 2.45) is 0 Å². The first-order valence-corrected chi connectivity index (χ1v) is 28.1. The highest BCUT2D eigenvalue weighted by Crippen LogP contribution is 2.36. The van der Waals surface area contributed by atoms with Gasteiger partial charge in [-0.25, -0.2) is 0 Å². The molecular weight excluding hydrogens is 565 g/mol. The van der Waals surface area contributed by atoms with E-state index in [9.17, 15) is 0 Å². The highest BCUT2D eigenvalue weighted by molar-refractivity contribution is 9.09. The predicted octanol–water partition coefficient (Wildman–Crippen LogP) is 10.3. The summed E-state index contributed by atoms with van der Waals surface area (Å²) in [5.74, 6) is 0. The largest absolute Gasteiger partial charge is 0.417 e. The van der Waals surface area contributed by atoms with Crippen molar-refractivity contribution in [3.05, 3.63) is 0 Å². The maximum absolute atomic E-state index is 6.33. The van der Waals surface area contributed by atoms with Gasteiger partial charge in [-0.15, -0.1) is 0 Å². The normalized spacial score (nSPS) is 13.5. The Bertz CT molecular complexity index is 454. The van der Waals surface area contributed by atoms with E-state index >= 15 is 0 Å². The topological polar surface area (TPSA) is 27.7 Å². The van der Waals surface area contributed by atoms with Crippen LogP contribution in [-0.2, 0) is 13.3 Å². The van der Waals surface area contributed by atoms with Crippen LogP contribution in [0.4, 0.5) is 0 Å². The summed E-state index contributed by atoms with van der Waals surface area (Å²) in [5, 5.41) is 1.15. The van der Waals surface area contributed by atoms with Crippen LogP contribution >= 0.6 is 15.9 Å². The second kappa shape index (κ2) is 19.3. The average Bonchev–Trinajstić information content (AvgIpc) is 2.78. The summed E-state index contributed by atoms with van der Waals surface area (Å²) in [6, 6.07) is 9.98. The third-order valence-corrected chi connectivity index (χ3v) is 21.2. The maximum atomic E-state index is 6.33. The molecule has 0 rings (SSSR count). The van der Waals surface area contributed by atoms with Crippen LogP contribution in [0.2, 0.25) is 81.6 Å². The summed E-state index contributed by atoms with van der Waals surface area (Å²) in [6.45, 7) is 24.1. The number of hydrogen-bond donors (Lipinski definition) is 0. The van der Waals surface area contributed by atoms with Crippen molar-refractivity contribution in [3.8, 4) is 0 Å². The van der Waals surface area contributed by atoms with Gasteiger partial charge in [0.2, 0.25) is 0 Å². The minimum absolute atomic E-state index is 0.945. The molecule has 3 nitrogen and oxygen atoms in total. The summed E-state index contributed by atoms with van der Waals surface area (Å²) in [5.41, 5.74) is 0. The molecule has 0 spiro atoms. The van der Waals surface area contributed by atoms with E-state index in [-0.39, 0.29) is 0 Å². The molecule has 0 aliphatic rings. The molecule has 35 heavy (non-hydrogen) atoms. The lowest BCUT2D eigenvalue weighted by Gasteiger charge is -2.35. The Morgan fingerprint density at radius 3 is 1.00 bits per heavy atom. The number of halogens is 1. The zero-order valence-electron chi connectivity index (χ0n) is 25.3. The van der Waals surface area contributed by atoms with E-state index in [2.05, 4.69) is 76.0 Å². The van der Waals surface area contributed by atoms with Crippen LogP contribution in [0, 0.1) is 0 Å². The van der Waals surface area contributed by atoms with Gasteiger partial charge in [-0.3, -0.25) is 0 Å². The Labute approximate surface area is 233 Å². The second-order valence-electron chi connectivity index (χ2n) is 12.7. The van der Waals surface area contributed by atoms with Crippen molar-refractivity contribution in [1.82, 2.24) is 0 Å². The Hall–Kier alpha value is 1.23. The molecule has 0 atom stereocenters. The summed E-state index contributed by atoms with van der Waals surface area (Å²) < 4.78 is 19.0. The molecule has 0 unspecified atom stereocenters. The van der Waals surface area contributed by atoms with Gasteiger partial charge in [0.1, 0.15) is 0 Å². The zero-order valence-corrected chi connectivity index (χ0v) is 30.9. The molecule has 0 N–H and O–H groups in total. The average molecular weight is 628 g/mol. The van der Waals surface area contributed by atoms with Gasteiger partial charge in [0.15, 0.2) is 25.0 Å². The molecule has 0 aliphatic heterocycles. The fraction of sp³-hybridized carbons (Fsp3) is 1.00. The van der Waals surface area contributed by atoms with Crippen molar-refractivity contribution < 1.29 is 13.3 Å². The molecule has 0 saturated heterocycles. The van der Waals surface area contributed by atoms with Crippen LogP contribution in [0.25, 0.3) is 0 Å². The fourth-order valence-corrected chi connectivity index (χ4v) is 18.1. The molecule has 0 aliphatic carbocycles. The fourth-order valence-electron chi connectivity index (χ4n) is 5.21. The zero-order chi connectivity index (χ0) is 26.8. The van der Waals surface area contributed by atoms with Crippen LogP contribution < -0.4 is 0 Å².